The van der Waals surface area contributed by atoms with Gasteiger partial charge in [0.2, 0.25) is 5.91 Å². The van der Waals surface area contributed by atoms with Crippen LogP contribution in [0.5, 0.6) is 0 Å². The van der Waals surface area contributed by atoms with Crippen molar-refractivity contribution in [2.45, 2.75) is 19.0 Å². The van der Waals surface area contributed by atoms with Crippen LogP contribution in [0.1, 0.15) is 18.4 Å². The highest BCUT2D eigenvalue weighted by atomic mass is 32.1. The van der Waals surface area contributed by atoms with Crippen molar-refractivity contribution in [3.05, 3.63) is 59.2 Å². The summed E-state index contributed by atoms with van der Waals surface area (Å²) >= 11 is 1.58. The van der Waals surface area contributed by atoms with Gasteiger partial charge in [0, 0.05) is 24.7 Å². The van der Waals surface area contributed by atoms with Crippen LogP contribution in [0.15, 0.2) is 47.8 Å². The Morgan fingerprint density at radius 1 is 1.10 bits per heavy atom. The van der Waals surface area contributed by atoms with Gasteiger partial charge >= 0.3 is 6.18 Å². The fourth-order valence-electron chi connectivity index (χ4n) is 3.48. The largest absolute Gasteiger partial charge is 0.419 e. The van der Waals surface area contributed by atoms with Crippen molar-refractivity contribution in [2.75, 3.05) is 23.3 Å². The maximum Gasteiger partial charge on any atom is 0.419 e. The fraction of sp³-hybridized carbons (Fsp3) is 0.286. The molecular weight excluding hydrogens is 432 g/mol. The van der Waals surface area contributed by atoms with E-state index in [0.29, 0.717) is 43.9 Å². The number of piperidine rings is 1. The topological polar surface area (TPSA) is 58.1 Å². The van der Waals surface area contributed by atoms with Crippen LogP contribution in [-0.2, 0) is 11.0 Å². The third-order valence-electron chi connectivity index (χ3n) is 5.15. The molecule has 1 N–H and O–H groups in total. The first-order valence-corrected chi connectivity index (χ1v) is 10.5. The van der Waals surface area contributed by atoms with E-state index >= 15 is 0 Å². The van der Waals surface area contributed by atoms with Gasteiger partial charge in [0.25, 0.3) is 0 Å². The first kappa shape index (κ1) is 21.2. The third-order valence-corrected chi connectivity index (χ3v) is 6.05. The number of hydrogen-bond donors (Lipinski definition) is 1. The van der Waals surface area contributed by atoms with Crippen LogP contribution < -0.4 is 10.2 Å². The van der Waals surface area contributed by atoms with Crippen molar-refractivity contribution in [3.63, 3.8) is 0 Å². The summed E-state index contributed by atoms with van der Waals surface area (Å²) in [6.07, 6.45) is -3.78. The molecule has 2 aromatic heterocycles. The summed E-state index contributed by atoms with van der Waals surface area (Å²) in [5.41, 5.74) is -0.675. The molecule has 162 valence electrons. The lowest BCUT2D eigenvalue weighted by Crippen LogP contribution is -2.38. The molecule has 1 aliphatic rings. The Balaban J connectivity index is 1.35. The molecule has 3 heterocycles. The number of nitrogens with zero attached hydrogens (tertiary/aromatic N) is 3. The second-order valence-electron chi connectivity index (χ2n) is 7.20. The number of carbonyl (C=O) groups excluding carboxylic acids is 1. The van der Waals surface area contributed by atoms with Crippen molar-refractivity contribution in [3.8, 4) is 10.6 Å². The molecule has 0 bridgehead atoms. The van der Waals surface area contributed by atoms with Gasteiger partial charge in [-0.1, -0.05) is 6.07 Å². The van der Waals surface area contributed by atoms with Gasteiger partial charge in [0.05, 0.1) is 10.4 Å². The normalized spacial score (nSPS) is 15.2. The van der Waals surface area contributed by atoms with Crippen LogP contribution in [0.2, 0.25) is 0 Å². The van der Waals surface area contributed by atoms with Gasteiger partial charge in [-0.3, -0.25) is 4.79 Å². The lowest BCUT2D eigenvalue weighted by molar-refractivity contribution is -0.140. The Morgan fingerprint density at radius 3 is 2.48 bits per heavy atom. The summed E-state index contributed by atoms with van der Waals surface area (Å²) in [4.78, 5) is 15.6. The van der Waals surface area contributed by atoms with E-state index in [1.165, 1.54) is 0 Å². The Morgan fingerprint density at radius 2 is 1.87 bits per heavy atom. The van der Waals surface area contributed by atoms with E-state index in [1.807, 2.05) is 34.5 Å². The van der Waals surface area contributed by atoms with Crippen LogP contribution in [-0.4, -0.2) is 29.2 Å². The molecule has 1 saturated heterocycles. The smallest absolute Gasteiger partial charge is 0.355 e. The van der Waals surface area contributed by atoms with Crippen LogP contribution >= 0.6 is 11.3 Å². The molecule has 0 saturated carbocycles. The van der Waals surface area contributed by atoms with Crippen LogP contribution in [0.4, 0.5) is 29.1 Å². The van der Waals surface area contributed by atoms with Crippen molar-refractivity contribution in [1.29, 1.82) is 0 Å². The number of hydrogen-bond acceptors (Lipinski definition) is 5. The summed E-state index contributed by atoms with van der Waals surface area (Å²) in [7, 11) is 0. The number of amides is 1. The molecule has 31 heavy (non-hydrogen) atoms. The monoisotopic (exact) mass is 450 g/mol. The summed E-state index contributed by atoms with van der Waals surface area (Å²) in [5, 5.41) is 13.0. The third kappa shape index (κ3) is 4.84. The molecule has 4 rings (SSSR count). The van der Waals surface area contributed by atoms with Crippen molar-refractivity contribution in [1.82, 2.24) is 10.2 Å². The number of halogens is 4. The molecule has 0 radical (unpaired) electrons. The van der Waals surface area contributed by atoms with Gasteiger partial charge in [-0.15, -0.1) is 21.5 Å². The number of benzene rings is 1. The number of alkyl halides is 3. The summed E-state index contributed by atoms with van der Waals surface area (Å²) in [5.74, 6) is -1.38. The van der Waals surface area contributed by atoms with Gasteiger partial charge in [-0.25, -0.2) is 4.39 Å². The molecule has 1 aliphatic heterocycles. The Bertz CT molecular complexity index is 1050. The molecule has 5 nitrogen and oxygen atoms in total. The van der Waals surface area contributed by atoms with Crippen LogP contribution in [0.3, 0.4) is 0 Å². The maximum atomic E-state index is 13.4. The lowest BCUT2D eigenvalue weighted by atomic mass is 9.95. The first-order chi connectivity index (χ1) is 14.8. The highest BCUT2D eigenvalue weighted by Gasteiger charge is 2.34. The number of rotatable bonds is 4. The second kappa shape index (κ2) is 8.62. The fourth-order valence-corrected chi connectivity index (χ4v) is 4.18. The van der Waals surface area contributed by atoms with Gasteiger partial charge < -0.3 is 10.2 Å². The van der Waals surface area contributed by atoms with Gasteiger partial charge in [0.1, 0.15) is 11.5 Å². The zero-order valence-electron chi connectivity index (χ0n) is 16.2. The highest BCUT2D eigenvalue weighted by Crippen LogP contribution is 2.33. The number of nitrogens with one attached hydrogen (secondary N) is 1. The van der Waals surface area contributed by atoms with Gasteiger partial charge in [-0.05, 0) is 54.6 Å². The molecule has 3 aromatic rings. The average Bonchev–Trinajstić information content (AvgIpc) is 3.29. The minimum atomic E-state index is -4.82. The number of thiophene rings is 1. The van der Waals surface area contributed by atoms with E-state index in [0.717, 1.165) is 16.6 Å². The molecule has 1 aromatic carbocycles. The Kier molecular flexibility index (Phi) is 5.90. The Hall–Kier alpha value is -3.01. The zero-order chi connectivity index (χ0) is 22.0. The highest BCUT2D eigenvalue weighted by molar-refractivity contribution is 7.13. The molecule has 0 unspecified atom stereocenters. The standard InChI is InChI=1S/C21H18F4N4OS/c22-16-4-3-14(12-15(16)21(23,24)25)26-20(30)13-7-9-29(10-8-13)19-6-5-17(27-28-19)18-2-1-11-31-18/h1-6,11-13H,7-10H2,(H,26,30). The van der Waals surface area contributed by atoms with E-state index in [1.54, 1.807) is 11.3 Å². The summed E-state index contributed by atoms with van der Waals surface area (Å²) in [6.45, 7) is 1.14. The first-order valence-electron chi connectivity index (χ1n) is 9.61. The molecule has 0 spiro atoms. The number of anilines is 2. The maximum absolute atomic E-state index is 13.4. The number of aromatic nitrogens is 2. The predicted molar refractivity (Wildman–Crippen MR) is 110 cm³/mol. The van der Waals surface area contributed by atoms with Crippen molar-refractivity contribution in [2.24, 2.45) is 5.92 Å². The average molecular weight is 450 g/mol. The second-order valence-corrected chi connectivity index (χ2v) is 8.14. The lowest BCUT2D eigenvalue weighted by Gasteiger charge is -2.31. The molecule has 10 heteroatoms. The van der Waals surface area contributed by atoms with Crippen LogP contribution in [0.25, 0.3) is 10.6 Å². The van der Waals surface area contributed by atoms with Gasteiger partial charge in [0.15, 0.2) is 5.82 Å². The van der Waals surface area contributed by atoms with E-state index in [-0.39, 0.29) is 17.5 Å². The minimum absolute atomic E-state index is 0.0730. The predicted octanol–water partition coefficient (Wildman–Crippen LogP) is 5.22. The molecule has 1 amide bonds. The van der Waals surface area contributed by atoms with E-state index in [9.17, 15) is 22.4 Å². The number of carbonyl (C=O) groups is 1. The molecule has 1 fully saturated rings. The van der Waals surface area contributed by atoms with Crippen molar-refractivity contribution >= 4 is 28.7 Å². The summed E-state index contributed by atoms with van der Waals surface area (Å²) in [6, 6.07) is 10.2. The molecular formula is C21H18F4N4OS. The quantitative estimate of drug-likeness (QED) is 0.554. The van der Waals surface area contributed by atoms with Crippen LogP contribution in [0, 0.1) is 11.7 Å². The van der Waals surface area contributed by atoms with Crippen molar-refractivity contribution < 1.29 is 22.4 Å². The zero-order valence-corrected chi connectivity index (χ0v) is 17.0. The SMILES string of the molecule is O=C(Nc1ccc(F)c(C(F)(F)F)c1)C1CCN(c2ccc(-c3cccs3)nn2)CC1. The van der Waals surface area contributed by atoms with E-state index < -0.39 is 17.6 Å². The Labute approximate surface area is 179 Å². The van der Waals surface area contributed by atoms with Gasteiger partial charge in [-0.2, -0.15) is 13.2 Å². The minimum Gasteiger partial charge on any atom is -0.355 e. The molecule has 0 aliphatic carbocycles. The molecule has 0 atom stereocenters. The summed E-state index contributed by atoms with van der Waals surface area (Å²) < 4.78 is 52.0. The van der Waals surface area contributed by atoms with E-state index in [4.69, 9.17) is 0 Å². The van der Waals surface area contributed by atoms with E-state index in [2.05, 4.69) is 15.5 Å².